The maximum atomic E-state index is 10.3. The molecular weight excluding hydrogens is 302 g/mol. The van der Waals surface area contributed by atoms with E-state index in [2.05, 4.69) is 22.1 Å². The molecule has 0 aliphatic carbocycles. The lowest BCUT2D eigenvalue weighted by Gasteiger charge is -2.16. The summed E-state index contributed by atoms with van der Waals surface area (Å²) in [7, 11) is 0. The number of aliphatic imine (C=N–C) groups is 1. The van der Waals surface area contributed by atoms with E-state index in [1.54, 1.807) is 6.08 Å². The molecule has 2 aromatic rings. The van der Waals surface area contributed by atoms with Gasteiger partial charge in [-0.05, 0) is 55.7 Å². The Balaban J connectivity index is 2.21. The smallest absolute Gasteiger partial charge is 0.234 e. The highest BCUT2D eigenvalue weighted by atomic mass is 16.5. The van der Waals surface area contributed by atoms with Gasteiger partial charge in [-0.2, -0.15) is 10.2 Å². The number of ether oxygens (including phenoxy) is 1. The van der Waals surface area contributed by atoms with Crippen molar-refractivity contribution in [2.75, 3.05) is 6.54 Å². The van der Waals surface area contributed by atoms with E-state index in [9.17, 15) is 4.79 Å². The van der Waals surface area contributed by atoms with Crippen molar-refractivity contribution in [2.45, 2.75) is 32.8 Å². The molecule has 0 heterocycles. The summed E-state index contributed by atoms with van der Waals surface area (Å²) in [6.07, 6.45) is 3.19. The van der Waals surface area contributed by atoms with Gasteiger partial charge >= 0.3 is 0 Å². The monoisotopic (exact) mass is 323 g/mol. The van der Waals surface area contributed by atoms with Crippen LogP contribution < -0.4 is 4.74 Å². The largest absolute Gasteiger partial charge is 0.490 e. The molecule has 2 aromatic carbocycles. The van der Waals surface area contributed by atoms with Crippen LogP contribution in [0.2, 0.25) is 0 Å². The average Bonchev–Trinajstić information content (AvgIpc) is 2.62. The Bertz CT molecular complexity index is 723. The third-order valence-electron chi connectivity index (χ3n) is 3.54. The van der Waals surface area contributed by atoms with E-state index in [1.165, 1.54) is 0 Å². The lowest BCUT2D eigenvalue weighted by molar-refractivity contribution is 0.215. The molecule has 0 saturated carbocycles. The number of hydrogen-bond acceptors (Lipinski definition) is 5. The Morgan fingerprint density at radius 2 is 1.83 bits per heavy atom. The highest BCUT2D eigenvalue weighted by Gasteiger charge is 2.08. The number of isocyanates is 1. The van der Waals surface area contributed by atoms with Crippen LogP contribution in [-0.4, -0.2) is 18.7 Å². The number of azo groups is 1. The van der Waals surface area contributed by atoms with E-state index in [0.717, 1.165) is 29.1 Å². The molecule has 0 radical (unpaired) electrons. The maximum Gasteiger partial charge on any atom is 0.234 e. The zero-order valence-corrected chi connectivity index (χ0v) is 14.0. The predicted molar refractivity (Wildman–Crippen MR) is 94.1 cm³/mol. The molecule has 0 bridgehead atoms. The molecule has 0 amide bonds. The molecule has 24 heavy (non-hydrogen) atoms. The van der Waals surface area contributed by atoms with Crippen LogP contribution in [-0.2, 0) is 11.2 Å². The van der Waals surface area contributed by atoms with Gasteiger partial charge in [0.1, 0.15) is 5.75 Å². The minimum Gasteiger partial charge on any atom is -0.490 e. The van der Waals surface area contributed by atoms with Crippen LogP contribution in [0.1, 0.15) is 25.8 Å². The zero-order chi connectivity index (χ0) is 17.2. The molecule has 1 atom stereocenters. The second kappa shape index (κ2) is 9.38. The summed E-state index contributed by atoms with van der Waals surface area (Å²) in [6, 6.07) is 15.2. The van der Waals surface area contributed by atoms with Gasteiger partial charge in [0.15, 0.2) is 0 Å². The minimum atomic E-state index is 0.120. The number of rotatable bonds is 8. The predicted octanol–water partition coefficient (Wildman–Crippen LogP) is 5.16. The summed E-state index contributed by atoms with van der Waals surface area (Å²) in [5.74, 6) is 0.795. The van der Waals surface area contributed by atoms with Crippen molar-refractivity contribution in [1.82, 2.24) is 0 Å². The van der Waals surface area contributed by atoms with E-state index < -0.39 is 0 Å². The fraction of sp³-hybridized carbons (Fsp3) is 0.316. The van der Waals surface area contributed by atoms with Crippen LogP contribution in [0.15, 0.2) is 63.8 Å². The Hall–Kier alpha value is -2.78. The van der Waals surface area contributed by atoms with E-state index in [1.807, 2.05) is 55.5 Å². The van der Waals surface area contributed by atoms with Crippen LogP contribution in [0.4, 0.5) is 11.4 Å². The third kappa shape index (κ3) is 5.45. The normalized spacial score (nSPS) is 11.9. The minimum absolute atomic E-state index is 0.120. The quantitative estimate of drug-likeness (QED) is 0.383. The highest BCUT2D eigenvalue weighted by molar-refractivity contribution is 5.48. The van der Waals surface area contributed by atoms with Gasteiger partial charge in [0, 0.05) is 0 Å². The fourth-order valence-corrected chi connectivity index (χ4v) is 2.07. The zero-order valence-electron chi connectivity index (χ0n) is 14.0. The van der Waals surface area contributed by atoms with Gasteiger partial charge in [0.25, 0.3) is 0 Å². The van der Waals surface area contributed by atoms with Crippen molar-refractivity contribution < 1.29 is 9.53 Å². The molecule has 0 aliphatic rings. The number of nitrogens with zero attached hydrogens (tertiary/aromatic N) is 3. The van der Waals surface area contributed by atoms with Crippen molar-refractivity contribution in [1.29, 1.82) is 0 Å². The highest BCUT2D eigenvalue weighted by Crippen LogP contribution is 2.27. The Morgan fingerprint density at radius 1 is 1.08 bits per heavy atom. The number of hydrogen-bond donors (Lipinski definition) is 0. The summed E-state index contributed by atoms with van der Waals surface area (Å²) in [6.45, 7) is 4.47. The van der Waals surface area contributed by atoms with Crippen LogP contribution in [0.5, 0.6) is 5.75 Å². The molecular formula is C19H21N3O2. The molecule has 0 fully saturated rings. The molecule has 5 nitrogen and oxygen atoms in total. The molecule has 5 heteroatoms. The van der Waals surface area contributed by atoms with Gasteiger partial charge < -0.3 is 4.74 Å². The van der Waals surface area contributed by atoms with Gasteiger partial charge in [0.2, 0.25) is 6.08 Å². The van der Waals surface area contributed by atoms with Crippen LogP contribution in [0.3, 0.4) is 0 Å². The summed E-state index contributed by atoms with van der Waals surface area (Å²) in [4.78, 5) is 13.9. The second-order valence-corrected chi connectivity index (χ2v) is 5.39. The molecule has 0 saturated heterocycles. The molecule has 0 unspecified atom stereocenters. The number of carbonyl (C=O) groups excluding carboxylic acids is 1. The van der Waals surface area contributed by atoms with Gasteiger partial charge in [-0.3, -0.25) is 0 Å². The summed E-state index contributed by atoms with van der Waals surface area (Å²) < 4.78 is 5.93. The molecule has 2 rings (SSSR count). The first-order valence-electron chi connectivity index (χ1n) is 8.03. The van der Waals surface area contributed by atoms with Crippen molar-refractivity contribution >= 4 is 17.5 Å². The van der Waals surface area contributed by atoms with Crippen LogP contribution in [0.25, 0.3) is 0 Å². The molecule has 0 N–H and O–H groups in total. The Labute approximate surface area is 142 Å². The molecule has 124 valence electrons. The number of benzene rings is 2. The lowest BCUT2D eigenvalue weighted by atomic mass is 10.1. The SMILES string of the molecule is CC[C@@H](C)Oc1ccc(N=Nc2ccccc2)cc1CCN=C=O. The van der Waals surface area contributed by atoms with Crippen molar-refractivity contribution in [3.8, 4) is 5.75 Å². The van der Waals surface area contributed by atoms with Gasteiger partial charge in [-0.25, -0.2) is 9.79 Å². The first kappa shape index (κ1) is 17.6. The summed E-state index contributed by atoms with van der Waals surface area (Å²) in [5.41, 5.74) is 2.49. The Morgan fingerprint density at radius 3 is 2.54 bits per heavy atom. The van der Waals surface area contributed by atoms with E-state index in [0.29, 0.717) is 13.0 Å². The van der Waals surface area contributed by atoms with Gasteiger partial charge in [0.05, 0.1) is 24.0 Å². The van der Waals surface area contributed by atoms with E-state index in [4.69, 9.17) is 4.74 Å². The molecule has 0 aromatic heterocycles. The standard InChI is InChI=1S/C19H21N3O2/c1-3-15(2)24-19-10-9-18(13-16(19)11-12-20-14-23)22-21-17-7-5-4-6-8-17/h4-10,13,15H,3,11-12H2,1-2H3/t15-/m1/s1. The second-order valence-electron chi connectivity index (χ2n) is 5.39. The average molecular weight is 323 g/mol. The summed E-state index contributed by atoms with van der Waals surface area (Å²) in [5, 5.41) is 8.49. The van der Waals surface area contributed by atoms with Gasteiger partial charge in [-0.15, -0.1) is 0 Å². The molecule has 0 spiro atoms. The Kier molecular flexibility index (Phi) is 6.87. The van der Waals surface area contributed by atoms with E-state index >= 15 is 0 Å². The first-order valence-corrected chi connectivity index (χ1v) is 8.03. The molecule has 0 aliphatic heterocycles. The first-order chi connectivity index (χ1) is 11.7. The summed E-state index contributed by atoms with van der Waals surface area (Å²) >= 11 is 0. The van der Waals surface area contributed by atoms with E-state index in [-0.39, 0.29) is 6.10 Å². The fourth-order valence-electron chi connectivity index (χ4n) is 2.07. The third-order valence-corrected chi connectivity index (χ3v) is 3.54. The topological polar surface area (TPSA) is 63.4 Å². The van der Waals surface area contributed by atoms with Crippen LogP contribution in [0, 0.1) is 0 Å². The lowest BCUT2D eigenvalue weighted by Crippen LogP contribution is -2.11. The van der Waals surface area contributed by atoms with Crippen LogP contribution >= 0.6 is 0 Å². The van der Waals surface area contributed by atoms with Gasteiger partial charge in [-0.1, -0.05) is 25.1 Å². The van der Waals surface area contributed by atoms with Crippen molar-refractivity contribution in [3.05, 3.63) is 54.1 Å². The van der Waals surface area contributed by atoms with Crippen molar-refractivity contribution in [2.24, 2.45) is 15.2 Å². The maximum absolute atomic E-state index is 10.3. The van der Waals surface area contributed by atoms with Crippen molar-refractivity contribution in [3.63, 3.8) is 0 Å².